The van der Waals surface area contributed by atoms with Crippen LogP contribution in [0.25, 0.3) is 0 Å². The third-order valence-electron chi connectivity index (χ3n) is 6.71. The molecular formula is C25H38OSi-2. The molecule has 0 N–H and O–H groups in total. The first-order valence-electron chi connectivity index (χ1n) is 10.3. The summed E-state index contributed by atoms with van der Waals surface area (Å²) in [4.78, 5) is 0. The van der Waals surface area contributed by atoms with Crippen LogP contribution in [0.2, 0.25) is 18.1 Å². The van der Waals surface area contributed by atoms with Crippen molar-refractivity contribution in [1.82, 2.24) is 0 Å². The summed E-state index contributed by atoms with van der Waals surface area (Å²) < 4.78 is 7.13. The van der Waals surface area contributed by atoms with E-state index < -0.39 is 13.9 Å². The van der Waals surface area contributed by atoms with Crippen molar-refractivity contribution >= 4 is 8.32 Å². The van der Waals surface area contributed by atoms with Gasteiger partial charge in [-0.15, -0.1) is 13.3 Å². The van der Waals surface area contributed by atoms with E-state index in [2.05, 4.69) is 98.0 Å². The number of hydrogen-bond donors (Lipinski definition) is 0. The van der Waals surface area contributed by atoms with Crippen LogP contribution < -0.4 is 0 Å². The van der Waals surface area contributed by atoms with E-state index in [1.165, 1.54) is 11.1 Å². The number of rotatable bonds is 2. The molecule has 0 saturated heterocycles. The molecule has 2 heteroatoms. The van der Waals surface area contributed by atoms with E-state index in [4.69, 9.17) is 4.43 Å². The zero-order valence-corrected chi connectivity index (χ0v) is 19.8. The van der Waals surface area contributed by atoms with Gasteiger partial charge in [-0.3, -0.25) is 6.42 Å². The molecule has 0 saturated carbocycles. The van der Waals surface area contributed by atoms with Crippen LogP contribution in [-0.2, 0) is 4.43 Å². The summed E-state index contributed by atoms with van der Waals surface area (Å²) in [6.45, 7) is 22.6. The van der Waals surface area contributed by atoms with Gasteiger partial charge < -0.3 is 16.1 Å². The molecule has 2 rings (SSSR count). The topological polar surface area (TPSA) is 9.23 Å². The smallest absolute Gasteiger partial charge is 0.194 e. The largest absolute Gasteiger partial charge is 0.400 e. The Kier molecular flexibility index (Phi) is 6.20. The molecule has 0 fully saturated rings. The molecule has 0 amide bonds. The molecule has 27 heavy (non-hydrogen) atoms. The standard InChI is InChI=1S/C25H38OSi/c1-20-12-10-13-21(2)17-19-25(26-27(8,9)23(3,4)5)18-11-14-22(16-15-20)24(25,6)7/h12,14-16H,2,10-11,13,18H2,1,3-9H3/q-2/b20-15-. The Labute approximate surface area is 169 Å². The molecule has 2 aliphatic carbocycles. The second kappa shape index (κ2) is 7.61. The minimum Gasteiger partial charge on any atom is -0.400 e. The van der Waals surface area contributed by atoms with Gasteiger partial charge in [-0.2, -0.15) is 11.6 Å². The SMILES string of the molecule is C=C1C#CC2(O[Si](C)(C)C(C)(C)C)CCC=C([CH-]/C=C(/C)[CH-]CC1)C2(C)C. The second-order valence-corrected chi connectivity index (χ2v) is 14.9. The lowest BCUT2D eigenvalue weighted by atomic mass is 9.63. The van der Waals surface area contributed by atoms with E-state index in [1.54, 1.807) is 0 Å². The van der Waals surface area contributed by atoms with E-state index in [1.807, 2.05) is 0 Å². The van der Waals surface area contributed by atoms with E-state index in [0.29, 0.717) is 0 Å². The third kappa shape index (κ3) is 4.58. The minimum atomic E-state index is -1.99. The maximum Gasteiger partial charge on any atom is 0.194 e. The fraction of sp³-hybridized carbons (Fsp3) is 0.600. The maximum absolute atomic E-state index is 7.13. The Balaban J connectivity index is 2.58. The van der Waals surface area contributed by atoms with Crippen molar-refractivity contribution in [3.8, 4) is 11.8 Å². The Morgan fingerprint density at radius 1 is 1.26 bits per heavy atom. The molecule has 0 aromatic heterocycles. The van der Waals surface area contributed by atoms with Crippen molar-refractivity contribution in [1.29, 1.82) is 0 Å². The van der Waals surface area contributed by atoms with Crippen LogP contribution in [0.4, 0.5) is 0 Å². The van der Waals surface area contributed by atoms with Gasteiger partial charge in [-0.1, -0.05) is 59.5 Å². The summed E-state index contributed by atoms with van der Waals surface area (Å²) in [5.74, 6) is 7.04. The summed E-state index contributed by atoms with van der Waals surface area (Å²) in [6, 6.07) is 0. The average molecular weight is 383 g/mol. The van der Waals surface area contributed by atoms with Gasteiger partial charge >= 0.3 is 0 Å². The first kappa shape index (κ1) is 22.0. The van der Waals surface area contributed by atoms with Crippen molar-refractivity contribution in [3.05, 3.63) is 48.3 Å². The zero-order valence-electron chi connectivity index (χ0n) is 18.8. The molecule has 0 spiro atoms. The zero-order chi connectivity index (χ0) is 20.5. The molecule has 1 atom stereocenters. The first-order valence-corrected chi connectivity index (χ1v) is 13.2. The predicted octanol–water partition coefficient (Wildman–Crippen LogP) is 7.20. The lowest BCUT2D eigenvalue weighted by Crippen LogP contribution is -2.57. The molecule has 0 radical (unpaired) electrons. The van der Waals surface area contributed by atoms with E-state index in [0.717, 1.165) is 31.3 Å². The van der Waals surface area contributed by atoms with Crippen molar-refractivity contribution in [2.75, 3.05) is 0 Å². The highest BCUT2D eigenvalue weighted by atomic mass is 28.4. The fourth-order valence-electron chi connectivity index (χ4n) is 3.53. The molecule has 150 valence electrons. The lowest BCUT2D eigenvalue weighted by Gasteiger charge is -2.55. The lowest BCUT2D eigenvalue weighted by molar-refractivity contribution is 0.00609. The highest BCUT2D eigenvalue weighted by Gasteiger charge is 2.52. The molecular weight excluding hydrogens is 344 g/mol. The highest BCUT2D eigenvalue weighted by Crippen LogP contribution is 2.52. The van der Waals surface area contributed by atoms with E-state index in [-0.39, 0.29) is 10.5 Å². The maximum atomic E-state index is 7.13. The quantitative estimate of drug-likeness (QED) is 0.279. The molecule has 1 nitrogen and oxygen atoms in total. The fourth-order valence-corrected chi connectivity index (χ4v) is 5.12. The van der Waals surface area contributed by atoms with Crippen LogP contribution in [0.1, 0.15) is 67.2 Å². The van der Waals surface area contributed by atoms with Gasteiger partial charge in [0.05, 0.1) is 0 Å². The Hall–Kier alpha value is -1.30. The summed E-state index contributed by atoms with van der Waals surface area (Å²) >= 11 is 0. The van der Waals surface area contributed by atoms with Gasteiger partial charge in [0.15, 0.2) is 8.32 Å². The summed E-state index contributed by atoms with van der Waals surface area (Å²) in [6.07, 6.45) is 13.0. The summed E-state index contributed by atoms with van der Waals surface area (Å²) in [5, 5.41) is 0.149. The molecule has 0 heterocycles. The van der Waals surface area contributed by atoms with Gasteiger partial charge in [0, 0.05) is 5.41 Å². The highest BCUT2D eigenvalue weighted by molar-refractivity contribution is 6.74. The first-order chi connectivity index (χ1) is 12.3. The van der Waals surface area contributed by atoms with Crippen LogP contribution in [0, 0.1) is 30.1 Å². The van der Waals surface area contributed by atoms with Gasteiger partial charge in [-0.25, -0.2) is 6.42 Å². The molecule has 0 aromatic rings. The summed E-state index contributed by atoms with van der Waals surface area (Å²) in [7, 11) is -1.99. The number of hydrogen-bond acceptors (Lipinski definition) is 1. The van der Waals surface area contributed by atoms with Gasteiger partial charge in [0.1, 0.15) is 5.60 Å². The van der Waals surface area contributed by atoms with E-state index in [9.17, 15) is 0 Å². The van der Waals surface area contributed by atoms with Crippen molar-refractivity contribution in [2.24, 2.45) is 5.41 Å². The van der Waals surface area contributed by atoms with Gasteiger partial charge in [-0.05, 0) is 36.5 Å². The Morgan fingerprint density at radius 2 is 1.93 bits per heavy atom. The predicted molar refractivity (Wildman–Crippen MR) is 121 cm³/mol. The van der Waals surface area contributed by atoms with Gasteiger partial charge in [0.25, 0.3) is 0 Å². The number of allylic oxidation sites excluding steroid dienone is 4. The van der Waals surface area contributed by atoms with Crippen molar-refractivity contribution in [2.45, 2.75) is 91.0 Å². The van der Waals surface area contributed by atoms with E-state index >= 15 is 0 Å². The van der Waals surface area contributed by atoms with Crippen molar-refractivity contribution in [3.63, 3.8) is 0 Å². The average Bonchev–Trinajstić information content (AvgIpc) is 2.52. The van der Waals surface area contributed by atoms with Crippen LogP contribution in [0.5, 0.6) is 0 Å². The van der Waals surface area contributed by atoms with Crippen LogP contribution >= 0.6 is 0 Å². The second-order valence-electron chi connectivity index (χ2n) is 10.2. The normalized spacial score (nSPS) is 28.1. The molecule has 2 bridgehead atoms. The summed E-state index contributed by atoms with van der Waals surface area (Å²) in [5.41, 5.74) is 3.00. The number of fused-ring (bicyclic) bond motifs is 2. The minimum absolute atomic E-state index is 0.149. The van der Waals surface area contributed by atoms with Crippen molar-refractivity contribution < 1.29 is 4.43 Å². The van der Waals surface area contributed by atoms with Crippen LogP contribution in [-0.4, -0.2) is 13.9 Å². The Morgan fingerprint density at radius 3 is 2.56 bits per heavy atom. The van der Waals surface area contributed by atoms with Crippen LogP contribution in [0.3, 0.4) is 0 Å². The molecule has 1 unspecified atom stereocenters. The molecule has 0 aromatic carbocycles. The third-order valence-corrected chi connectivity index (χ3v) is 11.2. The van der Waals surface area contributed by atoms with Crippen LogP contribution in [0.15, 0.2) is 35.5 Å². The Bertz CT molecular complexity index is 703. The molecule has 0 aliphatic heterocycles. The van der Waals surface area contributed by atoms with Gasteiger partial charge in [0.2, 0.25) is 0 Å². The monoisotopic (exact) mass is 382 g/mol. The molecule has 2 aliphatic rings.